The van der Waals surface area contributed by atoms with Crippen LogP contribution in [-0.4, -0.2) is 14.4 Å². The molecule has 0 aliphatic carbocycles. The zero-order chi connectivity index (χ0) is 21.9. The molecular formula is C21H17Cl2FN2O3S. The van der Waals surface area contributed by atoms with E-state index < -0.39 is 21.7 Å². The van der Waals surface area contributed by atoms with Gasteiger partial charge in [-0.1, -0.05) is 41.4 Å². The lowest BCUT2D eigenvalue weighted by atomic mass is 10.2. The predicted octanol–water partition coefficient (Wildman–Crippen LogP) is 6.06. The molecule has 0 aliphatic rings. The highest BCUT2D eigenvalue weighted by Crippen LogP contribution is 2.25. The van der Waals surface area contributed by atoms with Gasteiger partial charge in [0, 0.05) is 16.4 Å². The van der Waals surface area contributed by atoms with Crippen LogP contribution in [0.5, 0.6) is 0 Å². The summed E-state index contributed by atoms with van der Waals surface area (Å²) in [5.74, 6) is -0.800. The molecule has 0 radical (unpaired) electrons. The number of urea groups is 1. The Morgan fingerprint density at radius 3 is 2.17 bits per heavy atom. The lowest BCUT2D eigenvalue weighted by Gasteiger charge is -2.12. The maximum absolute atomic E-state index is 13.2. The second-order valence-corrected chi connectivity index (χ2v) is 9.38. The third-order valence-electron chi connectivity index (χ3n) is 4.23. The van der Waals surface area contributed by atoms with E-state index in [-0.39, 0.29) is 15.7 Å². The fourth-order valence-electron chi connectivity index (χ4n) is 2.76. The van der Waals surface area contributed by atoms with Crippen LogP contribution < -0.4 is 10.6 Å². The molecule has 0 bridgehead atoms. The van der Waals surface area contributed by atoms with Gasteiger partial charge in [-0.2, -0.15) is 0 Å². The quantitative estimate of drug-likeness (QED) is 0.479. The third kappa shape index (κ3) is 5.50. The largest absolute Gasteiger partial charge is 0.323 e. The summed E-state index contributed by atoms with van der Waals surface area (Å²) in [7, 11) is -3.66. The minimum absolute atomic E-state index is 0.111. The van der Waals surface area contributed by atoms with Crippen molar-refractivity contribution in [3.8, 4) is 0 Å². The van der Waals surface area contributed by atoms with Crippen molar-refractivity contribution in [3.05, 3.63) is 87.7 Å². The molecule has 3 rings (SSSR count). The van der Waals surface area contributed by atoms with E-state index in [1.807, 2.05) is 0 Å². The SMILES string of the molecule is Cc1ccc(NC(=O)Nc2ccc(F)c(Cl)c2)cc1S(=O)(=O)Cc1ccc(Cl)cc1. The van der Waals surface area contributed by atoms with E-state index in [1.165, 1.54) is 18.2 Å². The Balaban J connectivity index is 1.77. The molecule has 0 saturated carbocycles. The van der Waals surface area contributed by atoms with Gasteiger partial charge in [0.05, 0.1) is 15.7 Å². The van der Waals surface area contributed by atoms with Crippen molar-refractivity contribution in [2.45, 2.75) is 17.6 Å². The van der Waals surface area contributed by atoms with Gasteiger partial charge in [0.1, 0.15) is 5.82 Å². The van der Waals surface area contributed by atoms with Crippen LogP contribution >= 0.6 is 23.2 Å². The highest BCUT2D eigenvalue weighted by atomic mass is 35.5. The molecule has 0 spiro atoms. The molecule has 0 heterocycles. The lowest BCUT2D eigenvalue weighted by molar-refractivity contribution is 0.262. The summed E-state index contributed by atoms with van der Waals surface area (Å²) in [5.41, 5.74) is 1.74. The zero-order valence-electron chi connectivity index (χ0n) is 15.7. The summed E-state index contributed by atoms with van der Waals surface area (Å²) in [6.07, 6.45) is 0. The van der Waals surface area contributed by atoms with Gasteiger partial charge in [-0.05, 0) is 60.5 Å². The first-order chi connectivity index (χ1) is 14.1. The van der Waals surface area contributed by atoms with Gasteiger partial charge in [-0.25, -0.2) is 17.6 Å². The summed E-state index contributed by atoms with van der Waals surface area (Å²) < 4.78 is 39.0. The molecule has 0 unspecified atom stereocenters. The number of rotatable bonds is 5. The Bertz CT molecular complexity index is 1200. The van der Waals surface area contributed by atoms with Crippen LogP contribution in [0.2, 0.25) is 10.0 Å². The van der Waals surface area contributed by atoms with E-state index in [0.29, 0.717) is 27.5 Å². The number of amides is 2. The molecule has 9 heteroatoms. The van der Waals surface area contributed by atoms with Gasteiger partial charge in [0.2, 0.25) is 0 Å². The first-order valence-electron chi connectivity index (χ1n) is 8.75. The van der Waals surface area contributed by atoms with Crippen LogP contribution in [0.3, 0.4) is 0 Å². The van der Waals surface area contributed by atoms with Crippen LogP contribution in [0.1, 0.15) is 11.1 Å². The van der Waals surface area contributed by atoms with Crippen molar-refractivity contribution in [2.24, 2.45) is 0 Å². The molecule has 156 valence electrons. The first kappa shape index (κ1) is 22.1. The van der Waals surface area contributed by atoms with Crippen LogP contribution in [-0.2, 0) is 15.6 Å². The topological polar surface area (TPSA) is 75.3 Å². The van der Waals surface area contributed by atoms with E-state index in [4.69, 9.17) is 23.2 Å². The maximum atomic E-state index is 13.2. The Hall–Kier alpha value is -2.61. The molecule has 0 saturated heterocycles. The van der Waals surface area contributed by atoms with Crippen molar-refractivity contribution in [2.75, 3.05) is 10.6 Å². The predicted molar refractivity (Wildman–Crippen MR) is 118 cm³/mol. The van der Waals surface area contributed by atoms with Crippen molar-refractivity contribution in [1.29, 1.82) is 0 Å². The first-order valence-corrected chi connectivity index (χ1v) is 11.2. The van der Waals surface area contributed by atoms with Crippen molar-refractivity contribution in [1.82, 2.24) is 0 Å². The fourth-order valence-corrected chi connectivity index (χ4v) is 4.72. The van der Waals surface area contributed by atoms with Gasteiger partial charge in [0.15, 0.2) is 9.84 Å². The number of nitrogens with one attached hydrogen (secondary N) is 2. The van der Waals surface area contributed by atoms with Crippen LogP contribution in [0.15, 0.2) is 65.6 Å². The Morgan fingerprint density at radius 2 is 1.53 bits per heavy atom. The van der Waals surface area contributed by atoms with Gasteiger partial charge in [0.25, 0.3) is 0 Å². The number of carbonyl (C=O) groups is 1. The van der Waals surface area contributed by atoms with E-state index >= 15 is 0 Å². The number of anilines is 2. The summed E-state index contributed by atoms with van der Waals surface area (Å²) in [5, 5.41) is 5.47. The van der Waals surface area contributed by atoms with Gasteiger partial charge >= 0.3 is 6.03 Å². The van der Waals surface area contributed by atoms with E-state index in [0.717, 1.165) is 6.07 Å². The average Bonchev–Trinajstić information content (AvgIpc) is 2.68. The zero-order valence-corrected chi connectivity index (χ0v) is 18.1. The number of halogens is 3. The molecule has 3 aromatic rings. The summed E-state index contributed by atoms with van der Waals surface area (Å²) in [6, 6.07) is 14.3. The second-order valence-electron chi connectivity index (χ2n) is 6.57. The number of hydrogen-bond acceptors (Lipinski definition) is 3. The molecule has 2 amide bonds. The van der Waals surface area contributed by atoms with Gasteiger partial charge in [-0.15, -0.1) is 0 Å². The number of hydrogen-bond donors (Lipinski definition) is 2. The number of carbonyl (C=O) groups excluding carboxylic acids is 1. The Morgan fingerprint density at radius 1 is 0.933 bits per heavy atom. The van der Waals surface area contributed by atoms with E-state index in [2.05, 4.69) is 10.6 Å². The van der Waals surface area contributed by atoms with Crippen molar-refractivity contribution in [3.63, 3.8) is 0 Å². The molecular weight excluding hydrogens is 450 g/mol. The van der Waals surface area contributed by atoms with E-state index in [9.17, 15) is 17.6 Å². The molecule has 0 aromatic heterocycles. The molecule has 0 atom stereocenters. The van der Waals surface area contributed by atoms with Crippen molar-refractivity contribution < 1.29 is 17.6 Å². The van der Waals surface area contributed by atoms with Gasteiger partial charge < -0.3 is 10.6 Å². The van der Waals surface area contributed by atoms with Crippen LogP contribution in [0.4, 0.5) is 20.6 Å². The van der Waals surface area contributed by atoms with Gasteiger partial charge in [-0.3, -0.25) is 0 Å². The maximum Gasteiger partial charge on any atom is 0.323 e. The third-order valence-corrected chi connectivity index (χ3v) is 6.59. The van der Waals surface area contributed by atoms with Crippen LogP contribution in [0.25, 0.3) is 0 Å². The molecule has 2 N–H and O–H groups in total. The van der Waals surface area contributed by atoms with Crippen molar-refractivity contribution >= 4 is 50.4 Å². The summed E-state index contributed by atoms with van der Waals surface area (Å²) in [4.78, 5) is 12.3. The normalized spacial score (nSPS) is 11.2. The molecule has 3 aromatic carbocycles. The van der Waals surface area contributed by atoms with Crippen LogP contribution in [0, 0.1) is 12.7 Å². The monoisotopic (exact) mass is 466 g/mol. The Labute approximate surface area is 183 Å². The second kappa shape index (κ2) is 9.04. The number of benzene rings is 3. The summed E-state index contributed by atoms with van der Waals surface area (Å²) in [6.45, 7) is 1.68. The molecule has 5 nitrogen and oxygen atoms in total. The van der Waals surface area contributed by atoms with E-state index in [1.54, 1.807) is 43.3 Å². The number of aryl methyl sites for hydroxylation is 1. The lowest BCUT2D eigenvalue weighted by Crippen LogP contribution is -2.20. The Kier molecular flexibility index (Phi) is 6.65. The highest BCUT2D eigenvalue weighted by molar-refractivity contribution is 7.90. The highest BCUT2D eigenvalue weighted by Gasteiger charge is 2.19. The standard InChI is InChI=1S/C21H17Cl2FN2O3S/c1-13-2-7-17(26-21(27)25-16-8-9-19(24)18(23)10-16)11-20(13)30(28,29)12-14-3-5-15(22)6-4-14/h2-11H,12H2,1H3,(H2,25,26,27). The molecule has 0 fully saturated rings. The smallest absolute Gasteiger partial charge is 0.308 e. The number of sulfone groups is 1. The molecule has 30 heavy (non-hydrogen) atoms. The fraction of sp³-hybridized carbons (Fsp3) is 0.0952. The summed E-state index contributed by atoms with van der Waals surface area (Å²) >= 11 is 11.5. The minimum atomic E-state index is -3.66. The molecule has 0 aliphatic heterocycles. The average molecular weight is 467 g/mol. The minimum Gasteiger partial charge on any atom is -0.308 e.